The molecule has 0 aromatic carbocycles. The van der Waals surface area contributed by atoms with E-state index in [1.165, 1.54) is 60.9 Å². The maximum atomic E-state index is 6.32. The van der Waals surface area contributed by atoms with Crippen molar-refractivity contribution in [3.8, 4) is 0 Å². The second-order valence-corrected chi connectivity index (χ2v) is 15.3. The fourth-order valence-corrected chi connectivity index (χ4v) is 8.32. The van der Waals surface area contributed by atoms with Crippen LogP contribution in [-0.4, -0.2) is 69.2 Å². The molecule has 3 N–H and O–H groups in total. The number of hydrogen-bond donors (Lipinski definition) is 3. The molecule has 0 saturated carbocycles. The monoisotopic (exact) mass is 794 g/mol. The number of fused-ring (bicyclic) bond motifs is 2. The van der Waals surface area contributed by atoms with E-state index in [-0.39, 0.29) is 7.43 Å². The normalized spacial score (nSPS) is 16.9. The molecule has 2 saturated heterocycles. The summed E-state index contributed by atoms with van der Waals surface area (Å²) in [6.45, 7) is 10.6. The number of rotatable bonds is 7. The summed E-state index contributed by atoms with van der Waals surface area (Å²) in [5.41, 5.74) is 7.20. The number of halogens is 3. The molecule has 4 aliphatic heterocycles. The van der Waals surface area contributed by atoms with Gasteiger partial charge in [0.1, 0.15) is 45.6 Å². The van der Waals surface area contributed by atoms with E-state index in [0.29, 0.717) is 27.3 Å². The molecule has 13 heteroatoms. The zero-order chi connectivity index (χ0) is 37.0. The summed E-state index contributed by atoms with van der Waals surface area (Å²) in [6.07, 6.45) is 16.2. The van der Waals surface area contributed by atoms with Crippen LogP contribution in [0.15, 0.2) is 36.9 Å². The van der Waals surface area contributed by atoms with Gasteiger partial charge in [0.05, 0.1) is 0 Å². The van der Waals surface area contributed by atoms with Crippen LogP contribution < -0.4 is 20.9 Å². The highest BCUT2D eigenvalue weighted by molar-refractivity contribution is 6.34. The summed E-state index contributed by atoms with van der Waals surface area (Å²) in [5.74, 6) is 4.44. The Kier molecular flexibility index (Phi) is 16.4. The van der Waals surface area contributed by atoms with Crippen LogP contribution in [0, 0.1) is 0 Å². The van der Waals surface area contributed by atoms with Crippen LogP contribution >= 0.6 is 34.8 Å². The average molecular weight is 796 g/mol. The molecule has 8 rings (SSSR count). The third kappa shape index (κ3) is 10.9. The Balaban J connectivity index is 0.000000171. The van der Waals surface area contributed by atoms with Gasteiger partial charge in [-0.1, -0.05) is 81.1 Å². The molecule has 2 fully saturated rings. The van der Waals surface area contributed by atoms with Gasteiger partial charge in [0.2, 0.25) is 0 Å². The third-order valence-electron chi connectivity index (χ3n) is 10.5. The van der Waals surface area contributed by atoms with Gasteiger partial charge in [-0.25, -0.2) is 29.9 Å². The first kappa shape index (κ1) is 41.8. The molecular weight excluding hydrogens is 739 g/mol. The van der Waals surface area contributed by atoms with Crippen molar-refractivity contribution in [1.82, 2.24) is 35.2 Å². The first-order valence-electron chi connectivity index (χ1n) is 19.5. The van der Waals surface area contributed by atoms with E-state index in [0.717, 1.165) is 113 Å². The number of hydrogen-bond acceptors (Lipinski definition) is 10. The molecule has 4 aliphatic rings. The smallest absolute Gasteiger partial charge is 0.137 e. The van der Waals surface area contributed by atoms with Gasteiger partial charge in [0, 0.05) is 60.5 Å². The van der Waals surface area contributed by atoms with Crippen LogP contribution in [0.5, 0.6) is 0 Å². The van der Waals surface area contributed by atoms with Crippen molar-refractivity contribution in [3.05, 3.63) is 86.0 Å². The standard InChI is InChI=1S/C20H26ClN5.C13H19N3.C7H8Cl2N2.CH4/c1-2-4-16-18(21)23-13-24-20(16)26-11-8-14(9-12-26)17-7-6-15-5-3-10-22-19(15)25-17;1-2-11-3-4-12(16-13(11)15-7-1)10-5-8-14-9-6-10;1-2-3-5-6(8)10-4-11-7(5)9;/h6-7,13-14H,2-5,8-12H2,1H3,(H,22,25);3-4,10,14H,1-2,5-9H2,(H,15,16);4H,2-3H2,1H3;1H4. The van der Waals surface area contributed by atoms with Crippen LogP contribution in [0.25, 0.3) is 0 Å². The minimum Gasteiger partial charge on any atom is -0.370 e. The largest absolute Gasteiger partial charge is 0.370 e. The second-order valence-electron chi connectivity index (χ2n) is 14.2. The third-order valence-corrected chi connectivity index (χ3v) is 11.5. The number of anilines is 3. The molecule has 0 amide bonds. The number of pyridine rings is 2. The van der Waals surface area contributed by atoms with Gasteiger partial charge in [-0.3, -0.25) is 0 Å². The Morgan fingerprint density at radius 1 is 0.630 bits per heavy atom. The van der Waals surface area contributed by atoms with E-state index in [4.69, 9.17) is 44.8 Å². The van der Waals surface area contributed by atoms with Gasteiger partial charge in [-0.15, -0.1) is 0 Å². The number of nitrogens with zero attached hydrogens (tertiary/aromatic N) is 7. The summed E-state index contributed by atoms with van der Waals surface area (Å²) < 4.78 is 0. The van der Waals surface area contributed by atoms with E-state index < -0.39 is 0 Å². The lowest BCUT2D eigenvalue weighted by atomic mass is 9.92. The molecule has 4 aromatic heterocycles. The zero-order valence-corrected chi connectivity index (χ0v) is 33.4. The number of nitrogens with one attached hydrogen (secondary N) is 3. The Morgan fingerprint density at radius 2 is 1.11 bits per heavy atom. The number of piperidine rings is 2. The predicted octanol–water partition coefficient (Wildman–Crippen LogP) is 9.50. The van der Waals surface area contributed by atoms with Crippen LogP contribution in [0.1, 0.15) is 118 Å². The van der Waals surface area contributed by atoms with Crippen LogP contribution in [0.2, 0.25) is 15.5 Å². The maximum absolute atomic E-state index is 6.32. The Bertz CT molecular complexity index is 1760. The van der Waals surface area contributed by atoms with Gasteiger partial charge in [0.15, 0.2) is 0 Å². The summed E-state index contributed by atoms with van der Waals surface area (Å²) in [7, 11) is 0. The van der Waals surface area contributed by atoms with E-state index in [9.17, 15) is 0 Å². The highest BCUT2D eigenvalue weighted by Gasteiger charge is 2.26. The van der Waals surface area contributed by atoms with E-state index in [1.807, 2.05) is 0 Å². The lowest BCUT2D eigenvalue weighted by molar-refractivity contribution is 0.453. The minimum absolute atomic E-state index is 0. The number of aryl methyl sites for hydroxylation is 2. The molecule has 0 atom stereocenters. The quantitative estimate of drug-likeness (QED) is 0.156. The topological polar surface area (TPSA) is 117 Å². The van der Waals surface area contributed by atoms with Crippen molar-refractivity contribution in [2.24, 2.45) is 0 Å². The van der Waals surface area contributed by atoms with Crippen LogP contribution in [-0.2, 0) is 25.7 Å². The lowest BCUT2D eigenvalue weighted by Gasteiger charge is -2.34. The maximum Gasteiger partial charge on any atom is 0.137 e. The molecule has 0 spiro atoms. The molecule has 10 nitrogen and oxygen atoms in total. The first-order chi connectivity index (χ1) is 25.9. The van der Waals surface area contributed by atoms with Crippen molar-refractivity contribution in [2.45, 2.75) is 110 Å². The van der Waals surface area contributed by atoms with E-state index >= 15 is 0 Å². The summed E-state index contributed by atoms with van der Waals surface area (Å²) in [6, 6.07) is 9.00. The van der Waals surface area contributed by atoms with Crippen LogP contribution in [0.4, 0.5) is 17.5 Å². The van der Waals surface area contributed by atoms with Crippen molar-refractivity contribution < 1.29 is 0 Å². The Labute approximate surface area is 337 Å². The van der Waals surface area contributed by atoms with Gasteiger partial charge in [-0.2, -0.15) is 0 Å². The summed E-state index contributed by atoms with van der Waals surface area (Å²) in [5, 5.41) is 11.8. The Morgan fingerprint density at radius 3 is 1.65 bits per heavy atom. The van der Waals surface area contributed by atoms with E-state index in [1.54, 1.807) is 6.33 Å². The van der Waals surface area contributed by atoms with E-state index in [2.05, 4.69) is 78.9 Å². The molecule has 4 aromatic rings. The van der Waals surface area contributed by atoms with Crippen molar-refractivity contribution in [1.29, 1.82) is 0 Å². The molecule has 0 aliphatic carbocycles. The van der Waals surface area contributed by atoms with Gasteiger partial charge in [0.25, 0.3) is 0 Å². The number of aromatic nitrogens is 6. The summed E-state index contributed by atoms with van der Waals surface area (Å²) in [4.78, 5) is 28.5. The summed E-state index contributed by atoms with van der Waals surface area (Å²) >= 11 is 17.9. The predicted molar refractivity (Wildman–Crippen MR) is 225 cm³/mol. The zero-order valence-electron chi connectivity index (χ0n) is 31.1. The Hall–Kier alpha value is -3.31. The molecular formula is C41H57Cl3N10. The van der Waals surface area contributed by atoms with Crippen molar-refractivity contribution >= 4 is 52.3 Å². The fraction of sp³-hybridized carbons (Fsp3) is 0.561. The molecule has 0 bridgehead atoms. The fourth-order valence-electron chi connectivity index (χ4n) is 7.59. The SMILES string of the molecule is C.CCCc1c(Cl)ncnc1Cl.CCCc1c(Cl)ncnc1N1CCC(c2ccc3c(n2)NCCC3)CC1.c1cc2c(nc1C1CCNCC1)NCCC2. The van der Waals surface area contributed by atoms with Gasteiger partial charge in [-0.05, 0) is 101 Å². The molecule has 54 heavy (non-hydrogen) atoms. The van der Waals surface area contributed by atoms with Gasteiger partial charge >= 0.3 is 0 Å². The van der Waals surface area contributed by atoms with Crippen molar-refractivity contribution in [3.63, 3.8) is 0 Å². The second kappa shape index (κ2) is 21.1. The molecule has 0 unspecified atom stereocenters. The van der Waals surface area contributed by atoms with Crippen LogP contribution in [0.3, 0.4) is 0 Å². The minimum atomic E-state index is 0. The molecule has 8 heterocycles. The highest BCUT2D eigenvalue weighted by atomic mass is 35.5. The molecule has 292 valence electrons. The van der Waals surface area contributed by atoms with Gasteiger partial charge < -0.3 is 20.9 Å². The average Bonchev–Trinajstić information content (AvgIpc) is 3.21. The first-order valence-corrected chi connectivity index (χ1v) is 20.7. The molecule has 0 radical (unpaired) electrons. The highest BCUT2D eigenvalue weighted by Crippen LogP contribution is 2.34. The lowest BCUT2D eigenvalue weighted by Crippen LogP contribution is -2.34. The van der Waals surface area contributed by atoms with Crippen molar-refractivity contribution in [2.75, 3.05) is 54.8 Å².